The number of carbonyl (C=O) groups is 2. The predicted molar refractivity (Wildman–Crippen MR) is 65.7 cm³/mol. The van der Waals surface area contributed by atoms with Crippen molar-refractivity contribution in [3.05, 3.63) is 0 Å². The van der Waals surface area contributed by atoms with Gasteiger partial charge in [0.05, 0.1) is 12.2 Å². The summed E-state index contributed by atoms with van der Waals surface area (Å²) >= 11 is 0. The molecule has 2 aliphatic heterocycles. The fraction of sp³-hybridized carbons (Fsp3) is 0.833. The molecule has 0 radical (unpaired) electrons. The molecule has 4 atom stereocenters. The van der Waals surface area contributed by atoms with Gasteiger partial charge < -0.3 is 25.2 Å². The number of aliphatic hydroxyl groups is 1. The summed E-state index contributed by atoms with van der Waals surface area (Å²) in [4.78, 5) is 24.2. The molecule has 0 aromatic heterocycles. The van der Waals surface area contributed by atoms with Crippen molar-refractivity contribution in [1.29, 1.82) is 0 Å². The van der Waals surface area contributed by atoms with Crippen LogP contribution in [0.2, 0.25) is 0 Å². The quantitative estimate of drug-likeness (QED) is 0.651. The average molecular weight is 272 g/mol. The number of nitrogens with one attached hydrogen (secondary N) is 1. The third kappa shape index (κ3) is 3.16. The summed E-state index contributed by atoms with van der Waals surface area (Å²) < 4.78 is 5.40. The maximum absolute atomic E-state index is 12.0. The molecule has 2 unspecified atom stereocenters. The Bertz CT molecular complexity index is 362. The van der Waals surface area contributed by atoms with Crippen LogP contribution in [0, 0.1) is 5.92 Å². The average Bonchev–Trinajstić information content (AvgIpc) is 2.92. The summed E-state index contributed by atoms with van der Waals surface area (Å²) in [5, 5.41) is 21.2. The zero-order valence-corrected chi connectivity index (χ0v) is 10.9. The van der Waals surface area contributed by atoms with Gasteiger partial charge in [0.2, 0.25) is 0 Å². The number of hydrogen-bond acceptors (Lipinski definition) is 4. The first-order valence-corrected chi connectivity index (χ1v) is 6.56. The Kier molecular flexibility index (Phi) is 4.26. The number of urea groups is 1. The van der Waals surface area contributed by atoms with E-state index in [1.807, 2.05) is 6.92 Å². The zero-order valence-electron chi connectivity index (χ0n) is 10.9. The molecule has 0 aliphatic carbocycles. The van der Waals surface area contributed by atoms with Crippen LogP contribution in [0.4, 0.5) is 4.79 Å². The third-order valence-electron chi connectivity index (χ3n) is 3.87. The van der Waals surface area contributed by atoms with Gasteiger partial charge in [-0.05, 0) is 13.3 Å². The van der Waals surface area contributed by atoms with Crippen molar-refractivity contribution in [2.45, 2.75) is 38.0 Å². The van der Waals surface area contributed by atoms with Crippen molar-refractivity contribution >= 4 is 12.0 Å². The Morgan fingerprint density at radius 3 is 2.79 bits per heavy atom. The number of ether oxygens (including phenoxy) is 1. The SMILES string of the molecule is CC1OCCC1CNC(=O)N1C[C@H](O)C[C@@H]1C(=O)O. The first kappa shape index (κ1) is 14.1. The minimum absolute atomic E-state index is 0.0690. The molecule has 0 aromatic carbocycles. The predicted octanol–water partition coefficient (Wildman–Crippen LogP) is -0.359. The molecule has 2 rings (SSSR count). The van der Waals surface area contributed by atoms with E-state index in [1.54, 1.807) is 0 Å². The second kappa shape index (κ2) is 5.75. The molecule has 2 heterocycles. The van der Waals surface area contributed by atoms with Crippen molar-refractivity contribution in [3.63, 3.8) is 0 Å². The highest BCUT2D eigenvalue weighted by Gasteiger charge is 2.39. The topological polar surface area (TPSA) is 99.1 Å². The summed E-state index contributed by atoms with van der Waals surface area (Å²) in [5.41, 5.74) is 0. The Morgan fingerprint density at radius 2 is 2.21 bits per heavy atom. The number of carboxylic acids is 1. The summed E-state index contributed by atoms with van der Waals surface area (Å²) in [6, 6.07) is -1.37. The normalized spacial score (nSPS) is 34.5. The maximum Gasteiger partial charge on any atom is 0.326 e. The van der Waals surface area contributed by atoms with E-state index >= 15 is 0 Å². The summed E-state index contributed by atoms with van der Waals surface area (Å²) in [7, 11) is 0. The summed E-state index contributed by atoms with van der Waals surface area (Å²) in [6.45, 7) is 3.20. The van der Waals surface area contributed by atoms with Crippen LogP contribution < -0.4 is 5.32 Å². The smallest absolute Gasteiger partial charge is 0.326 e. The number of hydrogen-bond donors (Lipinski definition) is 3. The number of β-amino-alcohol motifs (C(OH)–C–C–N with tert-alkyl or cyclic N) is 1. The van der Waals surface area contributed by atoms with Gasteiger partial charge in [-0.2, -0.15) is 0 Å². The van der Waals surface area contributed by atoms with Gasteiger partial charge in [-0.25, -0.2) is 9.59 Å². The highest BCUT2D eigenvalue weighted by atomic mass is 16.5. The molecule has 2 saturated heterocycles. The lowest BCUT2D eigenvalue weighted by molar-refractivity contribution is -0.141. The zero-order chi connectivity index (χ0) is 14.0. The van der Waals surface area contributed by atoms with Gasteiger partial charge in [0, 0.05) is 32.0 Å². The molecular weight excluding hydrogens is 252 g/mol. The number of likely N-dealkylation sites (tertiary alicyclic amines) is 1. The molecule has 0 spiro atoms. The minimum Gasteiger partial charge on any atom is -0.480 e. The van der Waals surface area contributed by atoms with Crippen molar-refractivity contribution in [3.8, 4) is 0 Å². The van der Waals surface area contributed by atoms with E-state index < -0.39 is 24.1 Å². The standard InChI is InChI=1S/C12H20N2O5/c1-7-8(2-3-19-7)5-13-12(18)14-6-9(15)4-10(14)11(16)17/h7-10,15H,2-6H2,1H3,(H,13,18)(H,16,17)/t7?,8?,9-,10-/m1/s1. The lowest BCUT2D eigenvalue weighted by Gasteiger charge is -2.23. The molecule has 0 saturated carbocycles. The van der Waals surface area contributed by atoms with E-state index in [1.165, 1.54) is 4.90 Å². The number of amides is 2. The number of rotatable bonds is 3. The van der Waals surface area contributed by atoms with Crippen molar-refractivity contribution in [2.75, 3.05) is 19.7 Å². The van der Waals surface area contributed by atoms with E-state index in [9.17, 15) is 14.7 Å². The molecule has 0 bridgehead atoms. The van der Waals surface area contributed by atoms with Crippen molar-refractivity contribution in [1.82, 2.24) is 10.2 Å². The van der Waals surface area contributed by atoms with Crippen LogP contribution in [-0.2, 0) is 9.53 Å². The molecular formula is C12H20N2O5. The molecule has 7 nitrogen and oxygen atoms in total. The monoisotopic (exact) mass is 272 g/mol. The maximum atomic E-state index is 12.0. The number of aliphatic carboxylic acids is 1. The van der Waals surface area contributed by atoms with Crippen LogP contribution in [0.5, 0.6) is 0 Å². The van der Waals surface area contributed by atoms with Crippen LogP contribution in [0.1, 0.15) is 19.8 Å². The number of nitrogens with zero attached hydrogens (tertiary/aromatic N) is 1. The summed E-state index contributed by atoms with van der Waals surface area (Å²) in [5.74, 6) is -0.816. The van der Waals surface area contributed by atoms with Gasteiger partial charge in [-0.15, -0.1) is 0 Å². The minimum atomic E-state index is -1.08. The second-order valence-electron chi connectivity index (χ2n) is 5.21. The van der Waals surface area contributed by atoms with Gasteiger partial charge in [0.1, 0.15) is 6.04 Å². The fourth-order valence-corrected chi connectivity index (χ4v) is 2.64. The molecule has 2 aliphatic rings. The Balaban J connectivity index is 1.86. The summed E-state index contributed by atoms with van der Waals surface area (Å²) in [6.07, 6.45) is 0.332. The lowest BCUT2D eigenvalue weighted by Crippen LogP contribution is -2.47. The molecule has 0 aromatic rings. The van der Waals surface area contributed by atoms with Gasteiger partial charge in [-0.1, -0.05) is 0 Å². The highest BCUT2D eigenvalue weighted by molar-refractivity contribution is 5.83. The first-order chi connectivity index (χ1) is 8.99. The van der Waals surface area contributed by atoms with Crippen LogP contribution in [0.25, 0.3) is 0 Å². The largest absolute Gasteiger partial charge is 0.480 e. The lowest BCUT2D eigenvalue weighted by atomic mass is 10.0. The van der Waals surface area contributed by atoms with E-state index in [4.69, 9.17) is 9.84 Å². The molecule has 19 heavy (non-hydrogen) atoms. The molecule has 7 heteroatoms. The number of aliphatic hydroxyl groups excluding tert-OH is 1. The van der Waals surface area contributed by atoms with E-state index in [0.29, 0.717) is 13.2 Å². The second-order valence-corrected chi connectivity index (χ2v) is 5.21. The Morgan fingerprint density at radius 1 is 1.47 bits per heavy atom. The molecule has 3 N–H and O–H groups in total. The van der Waals surface area contributed by atoms with Gasteiger partial charge in [0.25, 0.3) is 0 Å². The fourth-order valence-electron chi connectivity index (χ4n) is 2.64. The van der Waals surface area contributed by atoms with E-state index in [0.717, 1.165) is 6.42 Å². The van der Waals surface area contributed by atoms with Crippen molar-refractivity contribution in [2.24, 2.45) is 5.92 Å². The van der Waals surface area contributed by atoms with Crippen molar-refractivity contribution < 1.29 is 24.5 Å². The first-order valence-electron chi connectivity index (χ1n) is 6.56. The van der Waals surface area contributed by atoms with Gasteiger partial charge in [0.15, 0.2) is 0 Å². The third-order valence-corrected chi connectivity index (χ3v) is 3.87. The van der Waals surface area contributed by atoms with Crippen LogP contribution in [-0.4, -0.2) is 65.1 Å². The van der Waals surface area contributed by atoms with Gasteiger partial charge in [-0.3, -0.25) is 0 Å². The Labute approximate surface area is 111 Å². The highest BCUT2D eigenvalue weighted by Crippen LogP contribution is 2.21. The van der Waals surface area contributed by atoms with Gasteiger partial charge >= 0.3 is 12.0 Å². The molecule has 2 fully saturated rings. The van der Waals surface area contributed by atoms with Crippen LogP contribution >= 0.6 is 0 Å². The number of carboxylic acid groups (broad SMARTS) is 1. The molecule has 2 amide bonds. The Hall–Kier alpha value is -1.34. The van der Waals surface area contributed by atoms with E-state index in [2.05, 4.69) is 5.32 Å². The van der Waals surface area contributed by atoms with E-state index in [-0.39, 0.29) is 25.0 Å². The van der Waals surface area contributed by atoms with Crippen LogP contribution in [0.3, 0.4) is 0 Å². The number of carbonyl (C=O) groups excluding carboxylic acids is 1. The van der Waals surface area contributed by atoms with Crippen LogP contribution in [0.15, 0.2) is 0 Å². The molecule has 108 valence electrons.